The molecule has 158 valence electrons. The molecule has 0 unspecified atom stereocenters. The number of para-hydroxylation sites is 1. The summed E-state index contributed by atoms with van der Waals surface area (Å²) in [6.45, 7) is 3.18. The molecule has 1 atom stereocenters. The number of hydrogen-bond acceptors (Lipinski definition) is 5. The van der Waals surface area contributed by atoms with Crippen molar-refractivity contribution in [1.82, 2.24) is 14.7 Å². The van der Waals surface area contributed by atoms with Crippen molar-refractivity contribution in [3.8, 4) is 22.7 Å². The second-order valence-electron chi connectivity index (χ2n) is 7.39. The normalized spacial score (nSPS) is 16.7. The standard InChI is InChI=1S/C23H26FN3O3/c1-26(15-20-16-29-10-11-30-20)13-17-14-27(18-6-4-3-5-7-18)25-23(17)21-9-8-19(28-2)12-22(21)24/h3-9,12,14,20H,10-11,13,15-16H2,1-2H3/t20-/m1/s1. The first-order chi connectivity index (χ1) is 14.6. The van der Waals surface area contributed by atoms with Crippen molar-refractivity contribution in [3.63, 3.8) is 0 Å². The lowest BCUT2D eigenvalue weighted by molar-refractivity contribution is -0.0962. The number of hydrogen-bond donors (Lipinski definition) is 0. The molecule has 7 heteroatoms. The van der Waals surface area contributed by atoms with Crippen molar-refractivity contribution in [2.75, 3.05) is 40.5 Å². The zero-order valence-electron chi connectivity index (χ0n) is 17.3. The molecule has 6 nitrogen and oxygen atoms in total. The predicted octanol–water partition coefficient (Wildman–Crippen LogP) is 3.53. The van der Waals surface area contributed by atoms with Gasteiger partial charge in [0.15, 0.2) is 0 Å². The Labute approximate surface area is 175 Å². The maximum Gasteiger partial charge on any atom is 0.136 e. The molecule has 0 saturated carbocycles. The van der Waals surface area contributed by atoms with Crippen molar-refractivity contribution in [2.45, 2.75) is 12.6 Å². The summed E-state index contributed by atoms with van der Waals surface area (Å²) in [5.74, 6) is 0.118. The van der Waals surface area contributed by atoms with Gasteiger partial charge in [0.1, 0.15) is 17.3 Å². The van der Waals surface area contributed by atoms with Crippen LogP contribution in [0.3, 0.4) is 0 Å². The summed E-state index contributed by atoms with van der Waals surface area (Å²) in [7, 11) is 3.54. The van der Waals surface area contributed by atoms with Crippen LogP contribution in [0.4, 0.5) is 4.39 Å². The summed E-state index contributed by atoms with van der Waals surface area (Å²) in [5, 5.41) is 4.72. The van der Waals surface area contributed by atoms with Crippen LogP contribution in [0.5, 0.6) is 5.75 Å². The maximum absolute atomic E-state index is 14.8. The molecular weight excluding hydrogens is 385 g/mol. The Bertz CT molecular complexity index is 971. The van der Waals surface area contributed by atoms with Crippen LogP contribution in [-0.4, -0.2) is 61.3 Å². The van der Waals surface area contributed by atoms with E-state index in [9.17, 15) is 4.39 Å². The first-order valence-electron chi connectivity index (χ1n) is 10.00. The Kier molecular flexibility index (Phi) is 6.42. The van der Waals surface area contributed by atoms with E-state index in [1.165, 1.54) is 13.2 Å². The third-order valence-corrected chi connectivity index (χ3v) is 5.08. The Morgan fingerprint density at radius 3 is 2.73 bits per heavy atom. The lowest BCUT2D eigenvalue weighted by atomic mass is 10.1. The smallest absolute Gasteiger partial charge is 0.136 e. The molecule has 3 aromatic rings. The number of nitrogens with zero attached hydrogens (tertiary/aromatic N) is 3. The number of rotatable bonds is 7. The molecule has 1 aliphatic heterocycles. The zero-order valence-corrected chi connectivity index (χ0v) is 17.3. The quantitative estimate of drug-likeness (QED) is 0.595. The maximum atomic E-state index is 14.8. The third kappa shape index (κ3) is 4.70. The molecule has 0 spiro atoms. The van der Waals surface area contributed by atoms with E-state index >= 15 is 0 Å². The molecule has 0 bridgehead atoms. The van der Waals surface area contributed by atoms with Crippen LogP contribution in [0.2, 0.25) is 0 Å². The molecule has 0 aliphatic carbocycles. The number of aromatic nitrogens is 2. The molecule has 0 amide bonds. The monoisotopic (exact) mass is 411 g/mol. The summed E-state index contributed by atoms with van der Waals surface area (Å²) in [6, 6.07) is 14.7. The van der Waals surface area contributed by atoms with Crippen molar-refractivity contribution < 1.29 is 18.6 Å². The topological polar surface area (TPSA) is 48.8 Å². The Morgan fingerprint density at radius 1 is 1.20 bits per heavy atom. The first kappa shape index (κ1) is 20.5. The van der Waals surface area contributed by atoms with Crippen molar-refractivity contribution in [2.24, 2.45) is 0 Å². The van der Waals surface area contributed by atoms with E-state index in [4.69, 9.17) is 19.3 Å². The molecule has 1 aliphatic rings. The molecule has 1 aromatic heterocycles. The van der Waals surface area contributed by atoms with E-state index in [0.29, 0.717) is 43.4 Å². The summed E-state index contributed by atoms with van der Waals surface area (Å²) in [6.07, 6.45) is 2.00. The highest BCUT2D eigenvalue weighted by Gasteiger charge is 2.20. The average Bonchev–Trinajstić information content (AvgIpc) is 3.18. The number of methoxy groups -OCH3 is 1. The minimum atomic E-state index is -0.361. The van der Waals surface area contributed by atoms with Gasteiger partial charge < -0.3 is 14.2 Å². The number of halogens is 1. The van der Waals surface area contributed by atoms with Gasteiger partial charge in [-0.1, -0.05) is 18.2 Å². The lowest BCUT2D eigenvalue weighted by Gasteiger charge is -2.27. The second kappa shape index (κ2) is 9.38. The fourth-order valence-electron chi connectivity index (χ4n) is 3.62. The number of likely N-dealkylation sites (N-methyl/N-ethyl adjacent to an activating group) is 1. The van der Waals surface area contributed by atoms with Crippen LogP contribution in [0.1, 0.15) is 5.56 Å². The van der Waals surface area contributed by atoms with Crippen LogP contribution in [0.15, 0.2) is 54.7 Å². The molecule has 30 heavy (non-hydrogen) atoms. The SMILES string of the molecule is COc1ccc(-c2nn(-c3ccccc3)cc2CN(C)C[C@@H]2COCCO2)c(F)c1. The Hall–Kier alpha value is -2.74. The van der Waals surface area contributed by atoms with Gasteiger partial charge >= 0.3 is 0 Å². The molecule has 1 saturated heterocycles. The number of ether oxygens (including phenoxy) is 3. The highest BCUT2D eigenvalue weighted by atomic mass is 19.1. The van der Waals surface area contributed by atoms with Gasteiger partial charge in [-0.15, -0.1) is 0 Å². The molecule has 4 rings (SSSR count). The molecule has 2 heterocycles. The molecule has 2 aromatic carbocycles. The average molecular weight is 411 g/mol. The molecule has 0 N–H and O–H groups in total. The fourth-order valence-corrected chi connectivity index (χ4v) is 3.62. The van der Waals surface area contributed by atoms with E-state index < -0.39 is 0 Å². The molecule has 1 fully saturated rings. The van der Waals surface area contributed by atoms with Crippen LogP contribution in [-0.2, 0) is 16.0 Å². The summed E-state index contributed by atoms with van der Waals surface area (Å²) < 4.78 is 33.0. The summed E-state index contributed by atoms with van der Waals surface area (Å²) in [4.78, 5) is 2.15. The summed E-state index contributed by atoms with van der Waals surface area (Å²) in [5.41, 5.74) is 2.92. The zero-order chi connectivity index (χ0) is 20.9. The van der Waals surface area contributed by atoms with Gasteiger partial charge in [-0.05, 0) is 31.3 Å². The second-order valence-corrected chi connectivity index (χ2v) is 7.39. The minimum absolute atomic E-state index is 0.0362. The number of benzene rings is 2. The summed E-state index contributed by atoms with van der Waals surface area (Å²) >= 11 is 0. The Balaban J connectivity index is 1.64. The largest absolute Gasteiger partial charge is 0.497 e. The lowest BCUT2D eigenvalue weighted by Crippen LogP contribution is -2.38. The van der Waals surface area contributed by atoms with E-state index in [-0.39, 0.29) is 11.9 Å². The highest BCUT2D eigenvalue weighted by molar-refractivity contribution is 5.65. The van der Waals surface area contributed by atoms with E-state index in [1.54, 1.807) is 16.8 Å². The molecular formula is C23H26FN3O3. The van der Waals surface area contributed by atoms with Gasteiger partial charge in [-0.2, -0.15) is 5.10 Å². The molecule has 0 radical (unpaired) electrons. The van der Waals surface area contributed by atoms with Gasteiger partial charge in [-0.3, -0.25) is 4.90 Å². The first-order valence-corrected chi connectivity index (χ1v) is 10.00. The van der Waals surface area contributed by atoms with Crippen LogP contribution in [0.25, 0.3) is 16.9 Å². The van der Waals surface area contributed by atoms with Crippen molar-refractivity contribution in [3.05, 3.63) is 66.1 Å². The van der Waals surface area contributed by atoms with Crippen molar-refractivity contribution >= 4 is 0 Å². The van der Waals surface area contributed by atoms with Gasteiger partial charge in [0.05, 0.1) is 38.7 Å². The van der Waals surface area contributed by atoms with E-state index in [0.717, 1.165) is 17.8 Å². The van der Waals surface area contributed by atoms with Gasteiger partial charge in [0.2, 0.25) is 0 Å². The van der Waals surface area contributed by atoms with E-state index in [2.05, 4.69) is 4.90 Å². The van der Waals surface area contributed by atoms with Crippen molar-refractivity contribution in [1.29, 1.82) is 0 Å². The van der Waals surface area contributed by atoms with Gasteiger partial charge in [0.25, 0.3) is 0 Å². The van der Waals surface area contributed by atoms with Crippen LogP contribution in [0, 0.1) is 5.82 Å². The Morgan fingerprint density at radius 2 is 2.03 bits per heavy atom. The van der Waals surface area contributed by atoms with Crippen LogP contribution < -0.4 is 4.74 Å². The van der Waals surface area contributed by atoms with Gasteiger partial charge in [-0.25, -0.2) is 9.07 Å². The highest BCUT2D eigenvalue weighted by Crippen LogP contribution is 2.29. The van der Waals surface area contributed by atoms with Gasteiger partial charge in [0, 0.05) is 36.5 Å². The van der Waals surface area contributed by atoms with Crippen LogP contribution >= 0.6 is 0 Å². The minimum Gasteiger partial charge on any atom is -0.497 e. The van der Waals surface area contributed by atoms with E-state index in [1.807, 2.05) is 43.6 Å². The third-order valence-electron chi connectivity index (χ3n) is 5.08. The fraction of sp³-hybridized carbons (Fsp3) is 0.348. The predicted molar refractivity (Wildman–Crippen MR) is 112 cm³/mol.